The van der Waals surface area contributed by atoms with Gasteiger partial charge in [-0.25, -0.2) is 4.98 Å². The van der Waals surface area contributed by atoms with Gasteiger partial charge < -0.3 is 10.2 Å². The Labute approximate surface area is 141 Å². The lowest BCUT2D eigenvalue weighted by Gasteiger charge is -1.98. The zero-order valence-electron chi connectivity index (χ0n) is 12.8. The number of nitrogens with two attached hydrogens (primary N) is 1. The van der Waals surface area contributed by atoms with E-state index in [-0.39, 0.29) is 11.5 Å². The Balaban J connectivity index is 1.80. The summed E-state index contributed by atoms with van der Waals surface area (Å²) in [6, 6.07) is 9.57. The molecule has 3 aromatic rings. The minimum Gasteiger partial charge on any atom is -0.455 e. The SMILES string of the molecule is N/C(=N/N=C/c1ccc(-c2ccccc2[N+](=O)[O-])o1)c1cnccn1. The summed E-state index contributed by atoms with van der Waals surface area (Å²) in [7, 11) is 0. The predicted octanol–water partition coefficient (Wildman–Crippen LogP) is 2.38. The van der Waals surface area contributed by atoms with Gasteiger partial charge in [0.05, 0.1) is 22.9 Å². The smallest absolute Gasteiger partial charge is 0.280 e. The average Bonchev–Trinajstić information content (AvgIpc) is 3.11. The molecule has 1 aromatic carbocycles. The highest BCUT2D eigenvalue weighted by molar-refractivity contribution is 5.95. The van der Waals surface area contributed by atoms with E-state index in [1.54, 1.807) is 30.3 Å². The van der Waals surface area contributed by atoms with Gasteiger partial charge in [-0.1, -0.05) is 12.1 Å². The van der Waals surface area contributed by atoms with Gasteiger partial charge in [0.2, 0.25) is 0 Å². The highest BCUT2D eigenvalue weighted by atomic mass is 16.6. The van der Waals surface area contributed by atoms with Crippen molar-refractivity contribution < 1.29 is 9.34 Å². The molecule has 25 heavy (non-hydrogen) atoms. The molecule has 9 nitrogen and oxygen atoms in total. The Morgan fingerprint density at radius 2 is 2.08 bits per heavy atom. The number of nitro groups is 1. The van der Waals surface area contributed by atoms with Gasteiger partial charge in [-0.05, 0) is 18.2 Å². The van der Waals surface area contributed by atoms with Gasteiger partial charge in [0.1, 0.15) is 17.2 Å². The van der Waals surface area contributed by atoms with Crippen LogP contribution in [0.15, 0.2) is 69.6 Å². The Kier molecular flexibility index (Phi) is 4.56. The van der Waals surface area contributed by atoms with Crippen molar-refractivity contribution >= 4 is 17.7 Å². The van der Waals surface area contributed by atoms with Crippen molar-refractivity contribution in [1.82, 2.24) is 9.97 Å². The lowest BCUT2D eigenvalue weighted by molar-refractivity contribution is -0.384. The first-order valence-electron chi connectivity index (χ1n) is 7.11. The monoisotopic (exact) mass is 336 g/mol. The number of furan rings is 1. The van der Waals surface area contributed by atoms with Crippen LogP contribution in [0.5, 0.6) is 0 Å². The van der Waals surface area contributed by atoms with Gasteiger partial charge in [-0.15, -0.1) is 5.10 Å². The number of para-hydroxylation sites is 1. The molecule has 0 bridgehead atoms. The third-order valence-corrected chi connectivity index (χ3v) is 3.17. The number of aromatic nitrogens is 2. The predicted molar refractivity (Wildman–Crippen MR) is 91.1 cm³/mol. The fourth-order valence-electron chi connectivity index (χ4n) is 2.04. The van der Waals surface area contributed by atoms with Crippen molar-refractivity contribution in [3.05, 3.63) is 76.6 Å². The molecule has 0 spiro atoms. The molecule has 0 unspecified atom stereocenters. The maximum Gasteiger partial charge on any atom is 0.280 e. The minimum absolute atomic E-state index is 0.0368. The van der Waals surface area contributed by atoms with Crippen LogP contribution < -0.4 is 5.73 Å². The van der Waals surface area contributed by atoms with E-state index >= 15 is 0 Å². The van der Waals surface area contributed by atoms with Crippen LogP contribution >= 0.6 is 0 Å². The summed E-state index contributed by atoms with van der Waals surface area (Å²) >= 11 is 0. The van der Waals surface area contributed by atoms with E-state index in [0.29, 0.717) is 22.8 Å². The van der Waals surface area contributed by atoms with E-state index in [2.05, 4.69) is 20.2 Å². The molecule has 2 N–H and O–H groups in total. The van der Waals surface area contributed by atoms with E-state index in [4.69, 9.17) is 10.2 Å². The lowest BCUT2D eigenvalue weighted by Crippen LogP contribution is -2.14. The lowest BCUT2D eigenvalue weighted by atomic mass is 10.1. The standard InChI is InChI=1S/C16H12N6O3/c17-16(13-10-18-7-8-19-13)21-20-9-11-5-6-15(25-11)12-3-1-2-4-14(12)22(23)24/h1-10H,(H2,17,21)/b20-9+. The summed E-state index contributed by atoms with van der Waals surface area (Å²) in [5.74, 6) is 0.846. The number of amidine groups is 1. The molecule has 3 rings (SSSR count). The van der Waals surface area contributed by atoms with Gasteiger partial charge in [-0.3, -0.25) is 15.1 Å². The van der Waals surface area contributed by atoms with Crippen LogP contribution in [0.1, 0.15) is 11.5 Å². The van der Waals surface area contributed by atoms with Crippen LogP contribution in [0, 0.1) is 10.1 Å². The summed E-state index contributed by atoms with van der Waals surface area (Å²) in [6.07, 6.45) is 5.83. The summed E-state index contributed by atoms with van der Waals surface area (Å²) in [6.45, 7) is 0. The maximum atomic E-state index is 11.1. The van der Waals surface area contributed by atoms with Crippen LogP contribution in [-0.4, -0.2) is 26.9 Å². The first kappa shape index (κ1) is 16.0. The second kappa shape index (κ2) is 7.13. The Morgan fingerprint density at radius 1 is 1.24 bits per heavy atom. The molecule has 0 saturated heterocycles. The van der Waals surface area contributed by atoms with Gasteiger partial charge in [0.15, 0.2) is 5.84 Å². The Bertz CT molecular complexity index is 949. The fourth-order valence-corrected chi connectivity index (χ4v) is 2.04. The zero-order chi connectivity index (χ0) is 17.6. The molecule has 0 saturated carbocycles. The first-order valence-corrected chi connectivity index (χ1v) is 7.11. The van der Waals surface area contributed by atoms with Crippen LogP contribution in [0.25, 0.3) is 11.3 Å². The largest absolute Gasteiger partial charge is 0.455 e. The van der Waals surface area contributed by atoms with E-state index in [9.17, 15) is 10.1 Å². The van der Waals surface area contributed by atoms with Crippen molar-refractivity contribution in [2.45, 2.75) is 0 Å². The molecule has 2 heterocycles. The number of rotatable bonds is 5. The van der Waals surface area contributed by atoms with Crippen LogP contribution in [0.4, 0.5) is 5.69 Å². The molecular weight excluding hydrogens is 324 g/mol. The van der Waals surface area contributed by atoms with Crippen LogP contribution in [0.2, 0.25) is 0 Å². The molecule has 0 atom stereocenters. The molecular formula is C16H12N6O3. The molecule has 2 aromatic heterocycles. The van der Waals surface area contributed by atoms with Gasteiger partial charge >= 0.3 is 0 Å². The van der Waals surface area contributed by atoms with Crippen molar-refractivity contribution in [3.63, 3.8) is 0 Å². The molecule has 0 aliphatic heterocycles. The van der Waals surface area contributed by atoms with Gasteiger partial charge in [-0.2, -0.15) is 5.10 Å². The normalized spacial score (nSPS) is 11.8. The average molecular weight is 336 g/mol. The van der Waals surface area contributed by atoms with E-state index < -0.39 is 4.92 Å². The van der Waals surface area contributed by atoms with Gasteiger partial charge in [0, 0.05) is 18.5 Å². The number of benzene rings is 1. The molecule has 0 aliphatic rings. The quantitative estimate of drug-likeness (QED) is 0.329. The van der Waals surface area contributed by atoms with Crippen molar-refractivity contribution in [1.29, 1.82) is 0 Å². The van der Waals surface area contributed by atoms with Crippen LogP contribution in [-0.2, 0) is 0 Å². The summed E-state index contributed by atoms with van der Waals surface area (Å²) in [5.41, 5.74) is 6.49. The topological polar surface area (TPSA) is 133 Å². The maximum absolute atomic E-state index is 11.1. The van der Waals surface area contributed by atoms with Gasteiger partial charge in [0.25, 0.3) is 5.69 Å². The Hall–Kier alpha value is -3.88. The van der Waals surface area contributed by atoms with E-state index in [0.717, 1.165) is 0 Å². The molecule has 124 valence electrons. The second-order valence-corrected chi connectivity index (χ2v) is 4.80. The Morgan fingerprint density at radius 3 is 2.84 bits per heavy atom. The van der Waals surface area contributed by atoms with E-state index in [1.807, 2.05) is 0 Å². The highest BCUT2D eigenvalue weighted by Gasteiger charge is 2.16. The summed E-state index contributed by atoms with van der Waals surface area (Å²) < 4.78 is 5.56. The summed E-state index contributed by atoms with van der Waals surface area (Å²) in [4.78, 5) is 18.5. The van der Waals surface area contributed by atoms with E-state index in [1.165, 1.54) is 30.9 Å². The third kappa shape index (κ3) is 3.72. The van der Waals surface area contributed by atoms with Crippen molar-refractivity contribution in [3.8, 4) is 11.3 Å². The molecule has 0 fully saturated rings. The highest BCUT2D eigenvalue weighted by Crippen LogP contribution is 2.30. The third-order valence-electron chi connectivity index (χ3n) is 3.17. The second-order valence-electron chi connectivity index (χ2n) is 4.80. The molecule has 9 heteroatoms. The number of nitro benzene ring substituents is 1. The number of nitrogens with zero attached hydrogens (tertiary/aromatic N) is 5. The molecule has 0 radical (unpaired) electrons. The number of hydrogen-bond acceptors (Lipinski definition) is 7. The fraction of sp³-hybridized carbons (Fsp3) is 0. The molecule has 0 aliphatic carbocycles. The summed E-state index contributed by atoms with van der Waals surface area (Å²) in [5, 5.41) is 18.7. The molecule has 0 amide bonds. The van der Waals surface area contributed by atoms with Crippen LogP contribution in [0.3, 0.4) is 0 Å². The van der Waals surface area contributed by atoms with Crippen molar-refractivity contribution in [2.75, 3.05) is 0 Å². The first-order chi connectivity index (χ1) is 12.1. The zero-order valence-corrected chi connectivity index (χ0v) is 12.8. The number of hydrogen-bond donors (Lipinski definition) is 1. The van der Waals surface area contributed by atoms with Crippen molar-refractivity contribution in [2.24, 2.45) is 15.9 Å². The minimum atomic E-state index is -0.461.